The molecule has 0 bridgehead atoms. The Kier molecular flexibility index (Phi) is 20.3. The SMILES string of the molecule is CCN(CCN(C)CCCCCOc1ccc(N2CCN(c3ccc(C#N)c(Cl)c3)C(C)C2)cn1)c1ccc2c(c1)C(=O)N(C(C=O)CCC=O)C2=O.CNC.NC=O. The van der Waals surface area contributed by atoms with Crippen LogP contribution in [-0.2, 0) is 14.4 Å². The molecule has 2 unspecified atom stereocenters. The van der Waals surface area contributed by atoms with E-state index >= 15 is 0 Å². The summed E-state index contributed by atoms with van der Waals surface area (Å²) in [6.45, 7) is 10.6. The monoisotopic (exact) mass is 831 g/mol. The second kappa shape index (κ2) is 25.0. The number of unbranched alkanes of at least 4 members (excludes halogenated alkanes) is 2. The van der Waals surface area contributed by atoms with Crippen molar-refractivity contribution >= 4 is 59.5 Å². The molecule has 59 heavy (non-hydrogen) atoms. The number of nitriles is 1. The average Bonchev–Trinajstić information content (AvgIpc) is 3.48. The van der Waals surface area contributed by atoms with Crippen molar-refractivity contribution in [3.8, 4) is 11.9 Å². The lowest BCUT2D eigenvalue weighted by molar-refractivity contribution is -0.112. The van der Waals surface area contributed by atoms with Gasteiger partial charge in [-0.15, -0.1) is 0 Å². The quantitative estimate of drug-likeness (QED) is 0.0985. The van der Waals surface area contributed by atoms with Gasteiger partial charge in [-0.25, -0.2) is 4.98 Å². The van der Waals surface area contributed by atoms with E-state index in [1.165, 1.54) is 0 Å². The van der Waals surface area contributed by atoms with Gasteiger partial charge in [0.25, 0.3) is 11.8 Å². The number of primary amides is 1. The summed E-state index contributed by atoms with van der Waals surface area (Å²) in [6.07, 6.45) is 6.57. The van der Waals surface area contributed by atoms with Gasteiger partial charge in [-0.2, -0.15) is 5.26 Å². The van der Waals surface area contributed by atoms with Crippen LogP contribution in [-0.4, -0.2) is 131 Å². The van der Waals surface area contributed by atoms with Crippen LogP contribution < -0.4 is 30.5 Å². The summed E-state index contributed by atoms with van der Waals surface area (Å²) < 4.78 is 5.94. The number of rotatable bonds is 19. The number of benzene rings is 2. The zero-order valence-electron chi connectivity index (χ0n) is 34.8. The van der Waals surface area contributed by atoms with E-state index in [9.17, 15) is 24.4 Å². The number of aldehydes is 2. The Bertz CT molecular complexity index is 1880. The molecule has 1 saturated heterocycles. The van der Waals surface area contributed by atoms with Crippen LogP contribution in [0.2, 0.25) is 5.02 Å². The minimum Gasteiger partial charge on any atom is -0.478 e. The number of carbonyl (C=O) groups is 5. The van der Waals surface area contributed by atoms with Crippen molar-refractivity contribution in [2.45, 2.75) is 58.0 Å². The fraction of sp³-hybridized carbons (Fsp3) is 0.465. The Morgan fingerprint density at radius 1 is 1.00 bits per heavy atom. The number of imide groups is 1. The maximum atomic E-state index is 13.1. The molecule has 1 aromatic heterocycles. The maximum absolute atomic E-state index is 13.1. The minimum atomic E-state index is -0.950. The van der Waals surface area contributed by atoms with Gasteiger partial charge in [0.2, 0.25) is 12.3 Å². The van der Waals surface area contributed by atoms with Crippen molar-refractivity contribution in [1.29, 1.82) is 5.26 Å². The number of likely N-dealkylation sites (N-methyl/N-ethyl adjacent to an activating group) is 2. The highest BCUT2D eigenvalue weighted by molar-refractivity contribution is 6.32. The minimum absolute atomic E-state index is 0.0970. The van der Waals surface area contributed by atoms with Gasteiger partial charge in [-0.1, -0.05) is 11.6 Å². The van der Waals surface area contributed by atoms with E-state index in [1.54, 1.807) is 18.2 Å². The number of halogens is 1. The smallest absolute Gasteiger partial charge is 0.262 e. The zero-order chi connectivity index (χ0) is 43.3. The normalized spacial score (nSPS) is 14.9. The number of hydrogen-bond acceptors (Lipinski definition) is 13. The number of amides is 3. The first-order valence-electron chi connectivity index (χ1n) is 19.9. The van der Waals surface area contributed by atoms with E-state index in [0.29, 0.717) is 41.2 Å². The highest BCUT2D eigenvalue weighted by atomic mass is 35.5. The summed E-state index contributed by atoms with van der Waals surface area (Å²) in [5.41, 5.74) is 8.17. The third kappa shape index (κ3) is 13.5. The summed E-state index contributed by atoms with van der Waals surface area (Å²) in [5, 5.41) is 12.4. The van der Waals surface area contributed by atoms with Gasteiger partial charge in [-0.3, -0.25) is 19.3 Å². The first-order valence-corrected chi connectivity index (χ1v) is 20.3. The molecule has 16 heteroatoms. The van der Waals surface area contributed by atoms with E-state index in [0.717, 1.165) is 87.0 Å². The first kappa shape index (κ1) is 47.8. The number of piperazine rings is 1. The third-order valence-corrected chi connectivity index (χ3v) is 10.3. The fourth-order valence-corrected chi connectivity index (χ4v) is 7.16. The summed E-state index contributed by atoms with van der Waals surface area (Å²) in [7, 11) is 5.85. The molecule has 3 N–H and O–H groups in total. The number of aromatic nitrogens is 1. The van der Waals surface area contributed by atoms with E-state index < -0.39 is 17.9 Å². The molecule has 2 aliphatic heterocycles. The second-order valence-electron chi connectivity index (χ2n) is 14.2. The second-order valence-corrected chi connectivity index (χ2v) is 14.6. The predicted molar refractivity (Wildman–Crippen MR) is 231 cm³/mol. The van der Waals surface area contributed by atoms with E-state index in [-0.39, 0.29) is 30.9 Å². The van der Waals surface area contributed by atoms with Crippen LogP contribution in [0.4, 0.5) is 17.1 Å². The van der Waals surface area contributed by atoms with Crippen LogP contribution in [0.3, 0.4) is 0 Å². The van der Waals surface area contributed by atoms with Crippen molar-refractivity contribution < 1.29 is 28.7 Å². The Hall–Kier alpha value is -5.56. The molecule has 0 radical (unpaired) electrons. The molecular weight excluding hydrogens is 774 g/mol. The van der Waals surface area contributed by atoms with Crippen LogP contribution in [0.5, 0.6) is 5.88 Å². The Morgan fingerprint density at radius 3 is 2.32 bits per heavy atom. The van der Waals surface area contributed by atoms with Crippen molar-refractivity contribution in [3.63, 3.8) is 0 Å². The molecule has 3 heterocycles. The van der Waals surface area contributed by atoms with Gasteiger partial charge < -0.3 is 45.0 Å². The number of fused-ring (bicyclic) bond motifs is 1. The number of nitrogens with zero attached hydrogens (tertiary/aromatic N) is 7. The lowest BCUT2D eigenvalue weighted by Crippen LogP contribution is -2.52. The standard InChI is InChI=1S/C40H48ClN7O5.C2H7N.CH3NO/c1-4-45(31-12-14-35-36(23-31)40(52)48(39(35)51)34(28-50)9-8-21-49)18-17-44(3)16-6-5-7-22-53-38-15-13-33(26-43-38)46-19-20-47(29(2)27-46)32-11-10-30(25-42)37(41)24-32;1-3-2;2-1-3/h10-15,21,23-24,26,28-29,34H,4-9,16-20,22,27H2,1-3H3;3H,1-2H3;1H,(H2,2,3). The Labute approximate surface area is 353 Å². The van der Waals surface area contributed by atoms with E-state index in [4.69, 9.17) is 21.1 Å². The van der Waals surface area contributed by atoms with Crippen LogP contribution in [0.1, 0.15) is 72.2 Å². The number of carbonyl (C=O) groups excluding carboxylic acids is 5. The van der Waals surface area contributed by atoms with Crippen LogP contribution in [0, 0.1) is 11.3 Å². The van der Waals surface area contributed by atoms with Crippen LogP contribution in [0.25, 0.3) is 0 Å². The van der Waals surface area contributed by atoms with Crippen molar-refractivity contribution in [2.75, 3.05) is 88.3 Å². The number of anilines is 3. The maximum Gasteiger partial charge on any atom is 0.262 e. The molecule has 0 aliphatic carbocycles. The molecule has 5 rings (SSSR count). The third-order valence-electron chi connectivity index (χ3n) is 10.0. The highest BCUT2D eigenvalue weighted by Gasteiger charge is 2.40. The Morgan fingerprint density at radius 2 is 1.71 bits per heavy atom. The summed E-state index contributed by atoms with van der Waals surface area (Å²) in [5.74, 6) is -0.365. The number of nitrogens with one attached hydrogen (secondary N) is 1. The molecule has 3 aromatic rings. The molecule has 15 nitrogen and oxygen atoms in total. The van der Waals surface area contributed by atoms with Gasteiger partial charge in [0, 0.05) is 69.2 Å². The van der Waals surface area contributed by atoms with Gasteiger partial charge >= 0.3 is 0 Å². The average molecular weight is 832 g/mol. The number of pyridine rings is 1. The van der Waals surface area contributed by atoms with Crippen LogP contribution in [0.15, 0.2) is 54.7 Å². The van der Waals surface area contributed by atoms with Gasteiger partial charge in [0.05, 0.1) is 46.2 Å². The lowest BCUT2D eigenvalue weighted by atomic mass is 10.1. The largest absolute Gasteiger partial charge is 0.478 e. The van der Waals surface area contributed by atoms with Crippen molar-refractivity contribution in [1.82, 2.24) is 20.1 Å². The number of ether oxygens (including phenoxy) is 1. The highest BCUT2D eigenvalue weighted by Crippen LogP contribution is 2.30. The summed E-state index contributed by atoms with van der Waals surface area (Å²) in [6, 6.07) is 16.3. The Balaban J connectivity index is 0.00000146. The molecule has 2 aliphatic rings. The van der Waals surface area contributed by atoms with Crippen LogP contribution >= 0.6 is 11.6 Å². The van der Waals surface area contributed by atoms with E-state index in [1.807, 2.05) is 44.6 Å². The van der Waals surface area contributed by atoms with Crippen molar-refractivity contribution in [2.24, 2.45) is 5.73 Å². The molecule has 0 saturated carbocycles. The van der Waals surface area contributed by atoms with Gasteiger partial charge in [0.15, 0.2) is 0 Å². The topological polar surface area (TPSA) is 186 Å². The molecule has 3 amide bonds. The van der Waals surface area contributed by atoms with Gasteiger partial charge in [0.1, 0.15) is 18.6 Å². The van der Waals surface area contributed by atoms with E-state index in [2.05, 4.69) is 68.7 Å². The molecule has 2 atom stereocenters. The molecule has 2 aromatic carbocycles. The molecule has 318 valence electrons. The molecule has 1 fully saturated rings. The molecule has 0 spiro atoms. The summed E-state index contributed by atoms with van der Waals surface area (Å²) >= 11 is 6.28. The number of hydrogen-bond donors (Lipinski definition) is 2. The fourth-order valence-electron chi connectivity index (χ4n) is 6.95. The van der Waals surface area contributed by atoms with Gasteiger partial charge in [-0.05, 0) is 110 Å². The summed E-state index contributed by atoms with van der Waals surface area (Å²) in [4.78, 5) is 71.7. The predicted octanol–water partition coefficient (Wildman–Crippen LogP) is 4.41. The first-order chi connectivity index (χ1) is 28.5. The van der Waals surface area contributed by atoms with Crippen molar-refractivity contribution in [3.05, 3.63) is 76.4 Å². The lowest BCUT2D eigenvalue weighted by Gasteiger charge is -2.42. The number of nitrogens with two attached hydrogens (primary N) is 1. The molecular formula is C43H58ClN9O6. The zero-order valence-corrected chi connectivity index (χ0v) is 35.6.